The Morgan fingerprint density at radius 2 is 1.97 bits per heavy atom. The molecule has 6 nitrogen and oxygen atoms in total. The summed E-state index contributed by atoms with van der Waals surface area (Å²) >= 11 is 0. The maximum atomic E-state index is 5.92. The number of morpholine rings is 1. The van der Waals surface area contributed by atoms with E-state index in [1.165, 1.54) is 11.1 Å². The van der Waals surface area contributed by atoms with Gasteiger partial charge in [0, 0.05) is 44.6 Å². The summed E-state index contributed by atoms with van der Waals surface area (Å²) in [5.41, 5.74) is 4.34. The standard InChI is InChI=1S/C23H30N4O2/c1-18-4-3-9-27-16-21(25-23(18)27)17-29-22-7-5-20(6-8-22)15-24-14-19(2)26-10-12-28-13-11-26/h3-9,16,19,24H,10-15,17H2,1-2H3. The molecule has 0 bridgehead atoms. The van der Waals surface area contributed by atoms with Crippen LogP contribution >= 0.6 is 0 Å². The smallest absolute Gasteiger partial charge is 0.140 e. The fraction of sp³-hybridized carbons (Fsp3) is 0.435. The number of aromatic nitrogens is 2. The van der Waals surface area contributed by atoms with Gasteiger partial charge in [-0.15, -0.1) is 0 Å². The second-order valence-corrected chi connectivity index (χ2v) is 7.72. The predicted octanol–water partition coefficient (Wildman–Crippen LogP) is 3.03. The van der Waals surface area contributed by atoms with Gasteiger partial charge in [-0.25, -0.2) is 4.98 Å². The van der Waals surface area contributed by atoms with Gasteiger partial charge < -0.3 is 19.2 Å². The van der Waals surface area contributed by atoms with E-state index < -0.39 is 0 Å². The van der Waals surface area contributed by atoms with E-state index in [1.54, 1.807) is 0 Å². The third-order valence-electron chi connectivity index (χ3n) is 5.48. The van der Waals surface area contributed by atoms with Crippen LogP contribution in [-0.2, 0) is 17.9 Å². The highest BCUT2D eigenvalue weighted by atomic mass is 16.5. The summed E-state index contributed by atoms with van der Waals surface area (Å²) < 4.78 is 13.4. The lowest BCUT2D eigenvalue weighted by Gasteiger charge is -2.32. The first-order valence-corrected chi connectivity index (χ1v) is 10.4. The molecule has 4 rings (SSSR count). The zero-order chi connectivity index (χ0) is 20.1. The average molecular weight is 395 g/mol. The van der Waals surface area contributed by atoms with Gasteiger partial charge in [0.05, 0.1) is 18.9 Å². The van der Waals surface area contributed by atoms with Gasteiger partial charge in [-0.1, -0.05) is 18.2 Å². The van der Waals surface area contributed by atoms with Crippen molar-refractivity contribution in [2.45, 2.75) is 33.0 Å². The van der Waals surface area contributed by atoms with Crippen LogP contribution in [-0.4, -0.2) is 53.2 Å². The number of rotatable bonds is 8. The van der Waals surface area contributed by atoms with Gasteiger partial charge in [-0.2, -0.15) is 0 Å². The maximum Gasteiger partial charge on any atom is 0.140 e. The molecule has 1 fully saturated rings. The van der Waals surface area contributed by atoms with E-state index in [0.29, 0.717) is 12.6 Å². The first-order valence-electron chi connectivity index (χ1n) is 10.4. The van der Waals surface area contributed by atoms with Crippen molar-refractivity contribution in [1.29, 1.82) is 0 Å². The molecular formula is C23H30N4O2. The lowest BCUT2D eigenvalue weighted by atomic mass is 10.2. The summed E-state index contributed by atoms with van der Waals surface area (Å²) in [6.45, 7) is 10.4. The van der Waals surface area contributed by atoms with Gasteiger partial charge in [-0.3, -0.25) is 4.90 Å². The monoisotopic (exact) mass is 394 g/mol. The number of imidazole rings is 1. The van der Waals surface area contributed by atoms with Crippen molar-refractivity contribution >= 4 is 5.65 Å². The first-order chi connectivity index (χ1) is 14.2. The minimum atomic E-state index is 0.468. The Labute approximate surface area is 172 Å². The second-order valence-electron chi connectivity index (χ2n) is 7.72. The molecule has 1 aliphatic heterocycles. The summed E-state index contributed by atoms with van der Waals surface area (Å²) in [5, 5.41) is 3.56. The van der Waals surface area contributed by atoms with Gasteiger partial charge in [-0.05, 0) is 43.2 Å². The molecule has 3 heterocycles. The third-order valence-corrected chi connectivity index (χ3v) is 5.48. The van der Waals surface area contributed by atoms with Crippen molar-refractivity contribution < 1.29 is 9.47 Å². The quantitative estimate of drug-likeness (QED) is 0.636. The molecule has 1 atom stereocenters. The number of ether oxygens (including phenoxy) is 2. The lowest BCUT2D eigenvalue weighted by Crippen LogP contribution is -2.46. The minimum absolute atomic E-state index is 0.468. The number of hydrogen-bond acceptors (Lipinski definition) is 5. The molecule has 0 spiro atoms. The molecule has 0 radical (unpaired) electrons. The topological polar surface area (TPSA) is 51.0 Å². The summed E-state index contributed by atoms with van der Waals surface area (Å²) in [6, 6.07) is 12.9. The van der Waals surface area contributed by atoms with Crippen LogP contribution in [0.5, 0.6) is 5.75 Å². The van der Waals surface area contributed by atoms with Crippen LogP contribution in [0.1, 0.15) is 23.7 Å². The van der Waals surface area contributed by atoms with Crippen LogP contribution in [0.3, 0.4) is 0 Å². The number of nitrogens with zero attached hydrogens (tertiary/aromatic N) is 3. The van der Waals surface area contributed by atoms with Crippen LogP contribution in [0.15, 0.2) is 48.8 Å². The van der Waals surface area contributed by atoms with Crippen molar-refractivity contribution in [2.75, 3.05) is 32.8 Å². The Bertz CT molecular complexity index is 916. The first kappa shape index (κ1) is 19.9. The van der Waals surface area contributed by atoms with Gasteiger partial charge in [0.25, 0.3) is 0 Å². The van der Waals surface area contributed by atoms with Crippen molar-refractivity contribution in [3.8, 4) is 5.75 Å². The summed E-state index contributed by atoms with van der Waals surface area (Å²) in [5.74, 6) is 0.865. The van der Waals surface area contributed by atoms with E-state index in [-0.39, 0.29) is 0 Å². The van der Waals surface area contributed by atoms with Crippen LogP contribution in [0.2, 0.25) is 0 Å². The molecular weight excluding hydrogens is 364 g/mol. The molecule has 0 amide bonds. The maximum absolute atomic E-state index is 5.92. The Morgan fingerprint density at radius 1 is 1.17 bits per heavy atom. The molecule has 3 aromatic rings. The zero-order valence-electron chi connectivity index (χ0n) is 17.3. The average Bonchev–Trinajstić information content (AvgIpc) is 3.18. The largest absolute Gasteiger partial charge is 0.487 e. The normalized spacial score (nSPS) is 16.2. The van der Waals surface area contributed by atoms with Crippen molar-refractivity contribution in [3.63, 3.8) is 0 Å². The van der Waals surface area contributed by atoms with E-state index in [9.17, 15) is 0 Å². The van der Waals surface area contributed by atoms with E-state index in [0.717, 1.165) is 56.5 Å². The van der Waals surface area contributed by atoms with Gasteiger partial charge in [0.1, 0.15) is 18.0 Å². The van der Waals surface area contributed by atoms with Crippen molar-refractivity contribution in [2.24, 2.45) is 0 Å². The fourth-order valence-corrected chi connectivity index (χ4v) is 3.71. The molecule has 2 aromatic heterocycles. The Morgan fingerprint density at radius 3 is 2.72 bits per heavy atom. The van der Waals surface area contributed by atoms with E-state index >= 15 is 0 Å². The van der Waals surface area contributed by atoms with Crippen LogP contribution in [0.25, 0.3) is 5.65 Å². The molecule has 0 saturated carbocycles. The minimum Gasteiger partial charge on any atom is -0.487 e. The second kappa shape index (κ2) is 9.39. The van der Waals surface area contributed by atoms with Crippen LogP contribution in [0.4, 0.5) is 0 Å². The summed E-state index contributed by atoms with van der Waals surface area (Å²) in [4.78, 5) is 7.14. The number of hydrogen-bond donors (Lipinski definition) is 1. The Balaban J connectivity index is 1.23. The SMILES string of the molecule is Cc1cccn2cc(COc3ccc(CNCC(C)N4CCOCC4)cc3)nc12. The van der Waals surface area contributed by atoms with Crippen molar-refractivity contribution in [3.05, 3.63) is 65.6 Å². The third kappa shape index (κ3) is 5.15. The molecule has 1 saturated heterocycles. The molecule has 154 valence electrons. The Hall–Kier alpha value is -2.41. The van der Waals surface area contributed by atoms with Crippen LogP contribution < -0.4 is 10.1 Å². The summed E-state index contributed by atoms with van der Waals surface area (Å²) in [6.07, 6.45) is 4.04. The van der Waals surface area contributed by atoms with E-state index in [4.69, 9.17) is 9.47 Å². The highest BCUT2D eigenvalue weighted by Gasteiger charge is 2.16. The van der Waals surface area contributed by atoms with Gasteiger partial charge in [0.15, 0.2) is 0 Å². The number of fused-ring (bicyclic) bond motifs is 1. The highest BCUT2D eigenvalue weighted by Crippen LogP contribution is 2.16. The van der Waals surface area contributed by atoms with E-state index in [2.05, 4.69) is 47.2 Å². The summed E-state index contributed by atoms with van der Waals surface area (Å²) in [7, 11) is 0. The highest BCUT2D eigenvalue weighted by molar-refractivity contribution is 5.47. The molecule has 1 aromatic carbocycles. The van der Waals surface area contributed by atoms with Crippen molar-refractivity contribution in [1.82, 2.24) is 19.6 Å². The molecule has 1 N–H and O–H groups in total. The van der Waals surface area contributed by atoms with Gasteiger partial charge >= 0.3 is 0 Å². The number of aryl methyl sites for hydroxylation is 1. The number of nitrogens with one attached hydrogen (secondary N) is 1. The fourth-order valence-electron chi connectivity index (χ4n) is 3.71. The van der Waals surface area contributed by atoms with Gasteiger partial charge in [0.2, 0.25) is 0 Å². The molecule has 1 aliphatic rings. The number of pyridine rings is 1. The molecule has 29 heavy (non-hydrogen) atoms. The predicted molar refractivity (Wildman–Crippen MR) is 114 cm³/mol. The molecule has 6 heteroatoms. The van der Waals surface area contributed by atoms with E-state index in [1.807, 2.05) is 35.0 Å². The lowest BCUT2D eigenvalue weighted by molar-refractivity contribution is 0.0203. The molecule has 1 unspecified atom stereocenters. The Kier molecular flexibility index (Phi) is 6.44. The molecule has 0 aliphatic carbocycles. The zero-order valence-corrected chi connectivity index (χ0v) is 17.3. The van der Waals surface area contributed by atoms with Crippen LogP contribution in [0, 0.1) is 6.92 Å². The number of benzene rings is 1.